The number of hydrogen-bond acceptors (Lipinski definition) is 3. The molecule has 0 unspecified atom stereocenters. The number of pyridine rings is 1. The topological polar surface area (TPSA) is 38.9 Å². The summed E-state index contributed by atoms with van der Waals surface area (Å²) < 4.78 is 41.5. The quantitative estimate of drug-likeness (QED) is 0.192. The lowest BCUT2D eigenvalue weighted by Crippen LogP contribution is -2.07. The van der Waals surface area contributed by atoms with Crippen LogP contribution in [0, 0.1) is 0 Å². The summed E-state index contributed by atoms with van der Waals surface area (Å²) in [5.41, 5.74) is 0.491. The second kappa shape index (κ2) is 9.43. The van der Waals surface area contributed by atoms with Gasteiger partial charge in [0.05, 0.1) is 37.9 Å². The summed E-state index contributed by atoms with van der Waals surface area (Å²) in [5, 5.41) is 4.73. The number of benzene rings is 2. The molecule has 0 spiro atoms. The molecule has 0 amide bonds. The molecule has 0 saturated heterocycles. The van der Waals surface area contributed by atoms with E-state index in [-0.39, 0.29) is 44.3 Å². The van der Waals surface area contributed by atoms with Crippen molar-refractivity contribution in [2.24, 2.45) is 5.16 Å². The first kappa shape index (κ1) is 23.7. The van der Waals surface area contributed by atoms with Gasteiger partial charge in [0.1, 0.15) is 18.1 Å². The second-order valence-corrected chi connectivity index (χ2v) is 8.50. The summed E-state index contributed by atoms with van der Waals surface area (Å²) in [6.45, 7) is 0.147. The molecule has 2 aromatic heterocycles. The monoisotopic (exact) mass is 531 g/mol. The number of oxime groups is 1. The van der Waals surface area contributed by atoms with Gasteiger partial charge >= 0.3 is 6.18 Å². The molecule has 4 aromatic rings. The fraction of sp³-hybridized carbons (Fsp3) is 0.0909. The van der Waals surface area contributed by atoms with Crippen molar-refractivity contribution in [3.8, 4) is 11.4 Å². The van der Waals surface area contributed by atoms with Gasteiger partial charge in [-0.2, -0.15) is 13.2 Å². The molecule has 0 bridgehead atoms. The van der Waals surface area contributed by atoms with Crippen LogP contribution in [-0.2, 0) is 17.6 Å². The summed E-state index contributed by atoms with van der Waals surface area (Å²) in [6.07, 6.45) is -2.48. The van der Waals surface area contributed by atoms with Crippen LogP contribution in [0.15, 0.2) is 59.9 Å². The Morgan fingerprint density at radius 1 is 0.970 bits per heavy atom. The van der Waals surface area contributed by atoms with Crippen molar-refractivity contribution in [1.82, 2.24) is 9.38 Å². The lowest BCUT2D eigenvalue weighted by atomic mass is 10.2. The van der Waals surface area contributed by atoms with Crippen molar-refractivity contribution in [2.75, 3.05) is 0 Å². The number of halogens is 7. The Kier molecular flexibility index (Phi) is 6.77. The summed E-state index contributed by atoms with van der Waals surface area (Å²) in [6, 6.07) is 12.5. The minimum atomic E-state index is -4.63. The molecule has 0 atom stereocenters. The van der Waals surface area contributed by atoms with Crippen molar-refractivity contribution >= 4 is 58.1 Å². The maximum Gasteiger partial charge on any atom is 0.417 e. The highest BCUT2D eigenvalue weighted by Gasteiger charge is 2.33. The van der Waals surface area contributed by atoms with Gasteiger partial charge in [-0.3, -0.25) is 4.40 Å². The lowest BCUT2D eigenvalue weighted by Gasteiger charge is -2.11. The van der Waals surface area contributed by atoms with E-state index in [1.165, 1.54) is 10.6 Å². The predicted octanol–water partition coefficient (Wildman–Crippen LogP) is 8.18. The summed E-state index contributed by atoms with van der Waals surface area (Å²) in [4.78, 5) is 9.71. The molecule has 0 radical (unpaired) electrons. The number of rotatable bonds is 5. The van der Waals surface area contributed by atoms with E-state index < -0.39 is 11.7 Å². The molecule has 0 saturated carbocycles. The largest absolute Gasteiger partial charge is 0.417 e. The molecule has 0 aliphatic carbocycles. The number of fused-ring (bicyclic) bond motifs is 1. The van der Waals surface area contributed by atoms with Crippen molar-refractivity contribution in [3.05, 3.63) is 91.6 Å². The molecule has 2 aromatic carbocycles. The van der Waals surface area contributed by atoms with E-state index in [2.05, 4.69) is 10.1 Å². The Morgan fingerprint density at radius 3 is 2.27 bits per heavy atom. The second-order valence-electron chi connectivity index (χ2n) is 6.84. The zero-order chi connectivity index (χ0) is 23.8. The number of imidazole rings is 1. The third-order valence-corrected chi connectivity index (χ3v) is 5.79. The third kappa shape index (κ3) is 5.06. The molecule has 0 aliphatic heterocycles. The van der Waals surface area contributed by atoms with E-state index in [9.17, 15) is 13.2 Å². The highest BCUT2D eigenvalue weighted by atomic mass is 35.5. The Hall–Kier alpha value is -2.45. The van der Waals surface area contributed by atoms with Crippen molar-refractivity contribution in [1.29, 1.82) is 0 Å². The highest BCUT2D eigenvalue weighted by Crippen LogP contribution is 2.38. The van der Waals surface area contributed by atoms with Crippen LogP contribution in [0.5, 0.6) is 0 Å². The van der Waals surface area contributed by atoms with Crippen LogP contribution in [-0.4, -0.2) is 15.6 Å². The summed E-state index contributed by atoms with van der Waals surface area (Å²) in [5.74, 6) is 0.0766. The third-order valence-electron chi connectivity index (χ3n) is 4.62. The van der Waals surface area contributed by atoms with Gasteiger partial charge in [0, 0.05) is 11.2 Å². The van der Waals surface area contributed by atoms with Crippen molar-refractivity contribution in [2.45, 2.75) is 12.8 Å². The van der Waals surface area contributed by atoms with Crippen molar-refractivity contribution < 1.29 is 18.0 Å². The average molecular weight is 533 g/mol. The Balaban J connectivity index is 1.79. The van der Waals surface area contributed by atoms with Crippen molar-refractivity contribution in [3.63, 3.8) is 0 Å². The average Bonchev–Trinajstić information content (AvgIpc) is 3.11. The van der Waals surface area contributed by atoms with E-state index in [0.717, 1.165) is 17.8 Å². The van der Waals surface area contributed by atoms with Gasteiger partial charge in [-0.05, 0) is 35.9 Å². The zero-order valence-corrected chi connectivity index (χ0v) is 19.4. The van der Waals surface area contributed by atoms with Crippen LogP contribution in [0.1, 0.15) is 16.8 Å². The van der Waals surface area contributed by atoms with Crippen LogP contribution in [0.4, 0.5) is 13.2 Å². The molecule has 11 heteroatoms. The Labute approximate surface area is 206 Å². The van der Waals surface area contributed by atoms with Gasteiger partial charge in [-0.1, -0.05) is 69.8 Å². The Morgan fingerprint density at radius 2 is 1.64 bits per heavy atom. The minimum Gasteiger partial charge on any atom is -0.391 e. The molecule has 0 N–H and O–H groups in total. The first-order chi connectivity index (χ1) is 15.6. The van der Waals surface area contributed by atoms with Crippen LogP contribution >= 0.6 is 46.4 Å². The van der Waals surface area contributed by atoms with E-state index in [1.54, 1.807) is 42.5 Å². The molecule has 0 aliphatic rings. The van der Waals surface area contributed by atoms with Gasteiger partial charge in [0.25, 0.3) is 0 Å². The lowest BCUT2D eigenvalue weighted by molar-refractivity contribution is -0.137. The van der Waals surface area contributed by atoms with Gasteiger partial charge in [0.2, 0.25) is 0 Å². The van der Waals surface area contributed by atoms with Gasteiger partial charge < -0.3 is 4.84 Å². The standard InChI is InChI=1S/C22H12Cl4F3N3O/c23-14-6-4-12(5-7-14)11-33-30-9-18-20-17(26)8-13(22(27,28)29)10-32(20)21(31-18)19-15(24)2-1-3-16(19)25/h1-10H,11H2. The highest BCUT2D eigenvalue weighted by molar-refractivity contribution is 6.39. The smallest absolute Gasteiger partial charge is 0.391 e. The zero-order valence-electron chi connectivity index (χ0n) is 16.4. The van der Waals surface area contributed by atoms with E-state index in [4.69, 9.17) is 51.2 Å². The minimum absolute atomic E-state index is 0.0766. The number of alkyl halides is 3. The fourth-order valence-electron chi connectivity index (χ4n) is 3.11. The number of nitrogens with zero attached hydrogens (tertiary/aromatic N) is 3. The Bertz CT molecular complexity index is 1330. The van der Waals surface area contributed by atoms with E-state index >= 15 is 0 Å². The first-order valence-corrected chi connectivity index (χ1v) is 10.8. The van der Waals surface area contributed by atoms with Gasteiger partial charge in [0.15, 0.2) is 0 Å². The summed E-state index contributed by atoms with van der Waals surface area (Å²) >= 11 is 24.7. The maximum absolute atomic E-state index is 13.4. The van der Waals surface area contributed by atoms with E-state index in [0.29, 0.717) is 5.02 Å². The van der Waals surface area contributed by atoms with Crippen LogP contribution in [0.2, 0.25) is 20.1 Å². The number of hydrogen-bond donors (Lipinski definition) is 0. The number of aromatic nitrogens is 2. The fourth-order valence-corrected chi connectivity index (χ4v) is 4.10. The molecular weight excluding hydrogens is 521 g/mol. The molecule has 0 fully saturated rings. The van der Waals surface area contributed by atoms with Gasteiger partial charge in [-0.25, -0.2) is 4.98 Å². The normalized spacial score (nSPS) is 12.1. The molecule has 2 heterocycles. The van der Waals surface area contributed by atoms with Gasteiger partial charge in [-0.15, -0.1) is 0 Å². The maximum atomic E-state index is 13.4. The van der Waals surface area contributed by atoms with Crippen LogP contribution in [0.3, 0.4) is 0 Å². The molecule has 4 nitrogen and oxygen atoms in total. The SMILES string of the molecule is FC(F)(F)c1cc(Cl)c2c(C=NOCc3ccc(Cl)cc3)nc(-c3c(Cl)cccc3Cl)n2c1. The molecule has 33 heavy (non-hydrogen) atoms. The molecule has 170 valence electrons. The molecule has 4 rings (SSSR count). The van der Waals surface area contributed by atoms with Crippen LogP contribution in [0.25, 0.3) is 16.9 Å². The summed E-state index contributed by atoms with van der Waals surface area (Å²) in [7, 11) is 0. The predicted molar refractivity (Wildman–Crippen MR) is 124 cm³/mol. The van der Waals surface area contributed by atoms with Crippen LogP contribution < -0.4 is 0 Å². The van der Waals surface area contributed by atoms with E-state index in [1.807, 2.05) is 0 Å². The molecular formula is C22H12Cl4F3N3O. The first-order valence-electron chi connectivity index (χ1n) is 9.28.